The molecule has 9 heteroatoms. The number of amides is 1. The van der Waals surface area contributed by atoms with E-state index in [9.17, 15) is 9.59 Å². The molecule has 2 heterocycles. The second-order valence-electron chi connectivity index (χ2n) is 11.8. The average molecular weight is 557 g/mol. The molecule has 0 saturated heterocycles. The molecule has 2 aromatic heterocycles. The third-order valence-electron chi connectivity index (χ3n) is 7.46. The normalized spacial score (nSPS) is 23.8. The largest absolute Gasteiger partial charge is 0.465 e. The van der Waals surface area contributed by atoms with E-state index in [1.54, 1.807) is 18.1 Å². The number of ether oxygens (including phenoxy) is 1. The second kappa shape index (κ2) is 12.3. The Hall–Kier alpha value is -2.31. The van der Waals surface area contributed by atoms with Crippen molar-refractivity contribution in [2.75, 3.05) is 12.0 Å². The van der Waals surface area contributed by atoms with E-state index in [1.165, 1.54) is 18.4 Å². The molecule has 0 radical (unpaired) electrons. The summed E-state index contributed by atoms with van der Waals surface area (Å²) in [4.78, 5) is 30.3. The monoisotopic (exact) mass is 556 g/mol. The smallest absolute Gasteiger partial charge is 0.350 e. The number of thiophene rings is 1. The zero-order valence-electron chi connectivity index (χ0n) is 23.5. The van der Waals surface area contributed by atoms with E-state index in [2.05, 4.69) is 49.7 Å². The minimum absolute atomic E-state index is 0.00792. The number of rotatable bonds is 6. The Morgan fingerprint density at radius 3 is 2.39 bits per heavy atom. The lowest BCUT2D eigenvalue weighted by molar-refractivity contribution is -0.124. The van der Waals surface area contributed by atoms with Crippen LogP contribution >= 0.6 is 23.1 Å². The molecule has 2 saturated carbocycles. The lowest BCUT2D eigenvalue weighted by atomic mass is 9.81. The van der Waals surface area contributed by atoms with Crippen LogP contribution in [0.2, 0.25) is 0 Å². The van der Waals surface area contributed by atoms with Gasteiger partial charge in [-0.15, -0.1) is 21.5 Å². The van der Waals surface area contributed by atoms with Gasteiger partial charge in [-0.05, 0) is 84.1 Å². The van der Waals surface area contributed by atoms with E-state index in [-0.39, 0.29) is 23.3 Å². The van der Waals surface area contributed by atoms with Crippen molar-refractivity contribution in [2.24, 2.45) is 24.3 Å². The maximum absolute atomic E-state index is 14.2. The summed E-state index contributed by atoms with van der Waals surface area (Å²) in [5.41, 5.74) is 0.510. The Morgan fingerprint density at radius 2 is 1.82 bits per heavy atom. The Balaban J connectivity index is 1.64. The minimum Gasteiger partial charge on any atom is -0.465 e. The molecule has 0 aliphatic heterocycles. The van der Waals surface area contributed by atoms with Crippen molar-refractivity contribution in [1.82, 2.24) is 14.8 Å². The molecular weight excluding hydrogens is 516 g/mol. The Kier molecular flexibility index (Phi) is 9.25. The van der Waals surface area contributed by atoms with Crippen molar-refractivity contribution in [1.29, 1.82) is 0 Å². The summed E-state index contributed by atoms with van der Waals surface area (Å²) in [7, 11) is 3.36. The lowest BCUT2D eigenvalue weighted by Crippen LogP contribution is -2.46. The maximum atomic E-state index is 14.2. The first-order chi connectivity index (χ1) is 18.1. The summed E-state index contributed by atoms with van der Waals surface area (Å²) in [6.45, 7) is 8.45. The lowest BCUT2D eigenvalue weighted by Gasteiger charge is -2.39. The van der Waals surface area contributed by atoms with Crippen molar-refractivity contribution in [2.45, 2.75) is 95.5 Å². The number of hydrogen-bond donors (Lipinski definition) is 0. The molecule has 2 aliphatic carbocycles. The summed E-state index contributed by atoms with van der Waals surface area (Å²) >= 11 is 3.09. The number of hydrogen-bond acceptors (Lipinski definition) is 7. The third kappa shape index (κ3) is 7.01. The van der Waals surface area contributed by atoms with Crippen LogP contribution < -0.4 is 4.90 Å². The van der Waals surface area contributed by atoms with Crippen LogP contribution in [-0.4, -0.2) is 45.0 Å². The van der Waals surface area contributed by atoms with Crippen molar-refractivity contribution in [3.8, 4) is 11.8 Å². The van der Waals surface area contributed by atoms with E-state index in [0.29, 0.717) is 21.7 Å². The number of carbonyl (C=O) groups excluding carboxylic acids is 2. The van der Waals surface area contributed by atoms with Gasteiger partial charge in [0.2, 0.25) is 5.91 Å². The standard InChI is InChI=1S/C29H40N4O3S2/c1-19-7-9-20(10-8-19)26(34)33(21-11-13-22(14-12-21)38-28-31-30-18-32(28)5)24-17-23(15-16-29(2,3)4)37-25(24)27(35)36-6/h17-22H,7-14H2,1-6H3/t19-,20-,21-,22+. The van der Waals surface area contributed by atoms with Gasteiger partial charge < -0.3 is 14.2 Å². The van der Waals surface area contributed by atoms with Gasteiger partial charge in [0.25, 0.3) is 0 Å². The van der Waals surface area contributed by atoms with Crippen LogP contribution in [0, 0.1) is 29.1 Å². The zero-order valence-corrected chi connectivity index (χ0v) is 25.1. The fourth-order valence-electron chi connectivity index (χ4n) is 5.26. The first-order valence-electron chi connectivity index (χ1n) is 13.6. The highest BCUT2D eigenvalue weighted by molar-refractivity contribution is 7.99. The molecule has 2 aliphatic rings. The first kappa shape index (κ1) is 28.7. The molecule has 0 bridgehead atoms. The van der Waals surface area contributed by atoms with E-state index >= 15 is 0 Å². The SMILES string of the molecule is COC(=O)c1sc(C#CC(C)(C)C)cc1N(C(=O)[C@H]1CC[C@H](C)CC1)[C@H]1CC[C@@H](Sc2nncn2C)CC1. The van der Waals surface area contributed by atoms with E-state index in [4.69, 9.17) is 4.74 Å². The van der Waals surface area contributed by atoms with Gasteiger partial charge in [-0.3, -0.25) is 4.79 Å². The van der Waals surface area contributed by atoms with Crippen LogP contribution in [0.5, 0.6) is 0 Å². The molecule has 206 valence electrons. The Morgan fingerprint density at radius 1 is 1.13 bits per heavy atom. The fourth-order valence-corrected chi connectivity index (χ4v) is 7.29. The van der Waals surface area contributed by atoms with Crippen LogP contribution in [-0.2, 0) is 16.6 Å². The summed E-state index contributed by atoms with van der Waals surface area (Å²) in [5, 5.41) is 9.59. The molecule has 0 unspecified atom stereocenters. The van der Waals surface area contributed by atoms with Crippen LogP contribution in [0.15, 0.2) is 17.6 Å². The molecule has 0 spiro atoms. The quantitative estimate of drug-likeness (QED) is 0.306. The number of nitrogens with zero attached hydrogens (tertiary/aromatic N) is 4. The van der Waals surface area contributed by atoms with Gasteiger partial charge in [0.1, 0.15) is 11.2 Å². The molecule has 4 rings (SSSR count). The highest BCUT2D eigenvalue weighted by Gasteiger charge is 2.38. The number of carbonyl (C=O) groups is 2. The van der Waals surface area contributed by atoms with Crippen LogP contribution in [0.3, 0.4) is 0 Å². The predicted octanol–water partition coefficient (Wildman–Crippen LogP) is 6.32. The summed E-state index contributed by atoms with van der Waals surface area (Å²) in [6.07, 6.45) is 9.38. The van der Waals surface area contributed by atoms with E-state index < -0.39 is 5.97 Å². The molecule has 38 heavy (non-hydrogen) atoms. The number of anilines is 1. The third-order valence-corrected chi connectivity index (χ3v) is 9.86. The molecule has 0 aromatic carbocycles. The topological polar surface area (TPSA) is 77.3 Å². The van der Waals surface area contributed by atoms with E-state index in [1.807, 2.05) is 22.6 Å². The van der Waals surface area contributed by atoms with Crippen molar-refractivity contribution < 1.29 is 14.3 Å². The maximum Gasteiger partial charge on any atom is 0.350 e. The van der Waals surface area contributed by atoms with Gasteiger partial charge >= 0.3 is 5.97 Å². The van der Waals surface area contributed by atoms with Crippen molar-refractivity contribution >= 4 is 40.7 Å². The van der Waals surface area contributed by atoms with Crippen molar-refractivity contribution in [3.05, 3.63) is 22.1 Å². The number of esters is 1. The molecule has 2 fully saturated rings. The van der Waals surface area contributed by atoms with Gasteiger partial charge in [-0.25, -0.2) is 4.79 Å². The first-order valence-corrected chi connectivity index (χ1v) is 15.3. The highest BCUT2D eigenvalue weighted by Crippen LogP contribution is 2.41. The summed E-state index contributed by atoms with van der Waals surface area (Å²) in [5.74, 6) is 6.92. The van der Waals surface area contributed by atoms with E-state index in [0.717, 1.165) is 61.4 Å². The van der Waals surface area contributed by atoms with Gasteiger partial charge in [0.05, 0.1) is 17.7 Å². The number of aryl methyl sites for hydroxylation is 1. The van der Waals surface area contributed by atoms with Crippen LogP contribution in [0.4, 0.5) is 5.69 Å². The van der Waals surface area contributed by atoms with Gasteiger partial charge in [-0.1, -0.05) is 30.5 Å². The molecule has 7 nitrogen and oxygen atoms in total. The van der Waals surface area contributed by atoms with Crippen molar-refractivity contribution in [3.63, 3.8) is 0 Å². The molecular formula is C29H40N4O3S2. The highest BCUT2D eigenvalue weighted by atomic mass is 32.2. The summed E-state index contributed by atoms with van der Waals surface area (Å²) in [6, 6.07) is 1.99. The van der Waals surface area contributed by atoms with Crippen LogP contribution in [0.1, 0.15) is 93.6 Å². The number of thioether (sulfide) groups is 1. The predicted molar refractivity (Wildman–Crippen MR) is 154 cm³/mol. The Labute approximate surface area is 235 Å². The molecule has 1 amide bonds. The van der Waals surface area contributed by atoms with Gasteiger partial charge in [-0.2, -0.15) is 0 Å². The van der Waals surface area contributed by atoms with Gasteiger partial charge in [0, 0.05) is 29.7 Å². The summed E-state index contributed by atoms with van der Waals surface area (Å²) < 4.78 is 7.12. The number of methoxy groups -OCH3 is 1. The molecule has 2 aromatic rings. The fraction of sp³-hybridized carbons (Fsp3) is 0.655. The number of aromatic nitrogens is 3. The van der Waals surface area contributed by atoms with Gasteiger partial charge in [0.15, 0.2) is 5.16 Å². The minimum atomic E-state index is -0.407. The second-order valence-corrected chi connectivity index (χ2v) is 14.1. The molecule has 0 N–H and O–H groups in total. The Bertz CT molecular complexity index is 1190. The molecule has 0 atom stereocenters. The average Bonchev–Trinajstić information content (AvgIpc) is 3.49. The zero-order chi connectivity index (χ0) is 27.4. The van der Waals surface area contributed by atoms with Crippen LogP contribution in [0.25, 0.3) is 0 Å².